The molecular formula is C16H16N2OS. The minimum absolute atomic E-state index is 0.0720. The Morgan fingerprint density at radius 2 is 2.20 bits per heavy atom. The van der Waals surface area contributed by atoms with E-state index in [1.807, 2.05) is 25.1 Å². The van der Waals surface area contributed by atoms with Gasteiger partial charge in [0.2, 0.25) is 5.91 Å². The molecule has 3 nitrogen and oxygen atoms in total. The minimum Gasteiger partial charge on any atom is -0.344 e. The third-order valence-electron chi connectivity index (χ3n) is 2.96. The van der Waals surface area contributed by atoms with Gasteiger partial charge in [-0.3, -0.25) is 4.79 Å². The number of aromatic nitrogens is 1. The molecule has 1 aromatic carbocycles. The van der Waals surface area contributed by atoms with Gasteiger partial charge in [-0.1, -0.05) is 35.9 Å². The van der Waals surface area contributed by atoms with Gasteiger partial charge in [-0.2, -0.15) is 0 Å². The fourth-order valence-corrected chi connectivity index (χ4v) is 2.74. The molecule has 1 amide bonds. The second kappa shape index (κ2) is 6.44. The summed E-state index contributed by atoms with van der Waals surface area (Å²) in [5, 5.41) is 4.66. The van der Waals surface area contributed by atoms with E-state index >= 15 is 0 Å². The summed E-state index contributed by atoms with van der Waals surface area (Å²) in [5.41, 5.74) is 3.31. The van der Waals surface area contributed by atoms with Crippen LogP contribution in [0.3, 0.4) is 0 Å². The summed E-state index contributed by atoms with van der Waals surface area (Å²) in [4.78, 5) is 16.2. The van der Waals surface area contributed by atoms with E-state index in [1.54, 1.807) is 0 Å². The van der Waals surface area contributed by atoms with Gasteiger partial charge in [-0.05, 0) is 31.0 Å². The van der Waals surface area contributed by atoms with Crippen molar-refractivity contribution in [3.05, 3.63) is 35.4 Å². The highest BCUT2D eigenvalue weighted by atomic mass is 32.2. The van der Waals surface area contributed by atoms with Crippen molar-refractivity contribution in [2.45, 2.75) is 18.9 Å². The minimum atomic E-state index is -0.0720. The lowest BCUT2D eigenvalue weighted by Gasteiger charge is -2.08. The van der Waals surface area contributed by atoms with Crippen LogP contribution < -0.4 is 5.32 Å². The van der Waals surface area contributed by atoms with Gasteiger partial charge in [0, 0.05) is 5.39 Å². The van der Waals surface area contributed by atoms with Crippen LogP contribution in [0.25, 0.3) is 10.9 Å². The van der Waals surface area contributed by atoms with Gasteiger partial charge in [-0.25, -0.2) is 4.98 Å². The number of hydrogen-bond donors (Lipinski definition) is 1. The number of aryl methyl sites for hydroxylation is 2. The van der Waals surface area contributed by atoms with E-state index in [0.29, 0.717) is 5.75 Å². The largest absolute Gasteiger partial charge is 0.344 e. The van der Waals surface area contributed by atoms with E-state index in [4.69, 9.17) is 6.42 Å². The Bertz CT molecular complexity index is 689. The normalized spacial score (nSPS) is 10.2. The molecule has 0 saturated carbocycles. The molecule has 0 unspecified atom stereocenters. The summed E-state index contributed by atoms with van der Waals surface area (Å²) in [5.74, 6) is 2.63. The van der Waals surface area contributed by atoms with Gasteiger partial charge >= 0.3 is 0 Å². The Morgan fingerprint density at radius 1 is 1.40 bits per heavy atom. The summed E-state index contributed by atoms with van der Waals surface area (Å²) >= 11 is 1.42. The van der Waals surface area contributed by atoms with Crippen LogP contribution in [-0.2, 0) is 4.79 Å². The number of nitrogens with one attached hydrogen (secondary N) is 1. The van der Waals surface area contributed by atoms with Crippen molar-refractivity contribution in [2.24, 2.45) is 0 Å². The number of rotatable bonds is 4. The number of nitrogens with zero attached hydrogens (tertiary/aromatic N) is 1. The maximum atomic E-state index is 11.5. The number of fused-ring (bicyclic) bond motifs is 1. The Morgan fingerprint density at radius 3 is 2.95 bits per heavy atom. The van der Waals surface area contributed by atoms with Crippen molar-refractivity contribution in [3.8, 4) is 12.3 Å². The maximum Gasteiger partial charge on any atom is 0.231 e. The fourth-order valence-electron chi connectivity index (χ4n) is 1.95. The van der Waals surface area contributed by atoms with Gasteiger partial charge in [0.15, 0.2) is 0 Å². The first-order valence-corrected chi connectivity index (χ1v) is 7.30. The van der Waals surface area contributed by atoms with Gasteiger partial charge in [0.25, 0.3) is 0 Å². The van der Waals surface area contributed by atoms with Gasteiger partial charge in [0.1, 0.15) is 0 Å². The molecule has 2 rings (SSSR count). The molecule has 0 aliphatic carbocycles. The molecule has 2 aromatic rings. The van der Waals surface area contributed by atoms with Crippen LogP contribution in [0.1, 0.15) is 11.1 Å². The Balaban J connectivity index is 2.18. The highest BCUT2D eigenvalue weighted by Crippen LogP contribution is 2.25. The topological polar surface area (TPSA) is 42.0 Å². The molecule has 0 saturated heterocycles. The Hall–Kier alpha value is -1.99. The number of para-hydroxylation sites is 1. The lowest BCUT2D eigenvalue weighted by Crippen LogP contribution is -2.25. The molecule has 0 spiro atoms. The molecule has 4 heteroatoms. The summed E-state index contributed by atoms with van der Waals surface area (Å²) in [6.07, 6.45) is 5.10. The van der Waals surface area contributed by atoms with Crippen LogP contribution in [0.15, 0.2) is 29.3 Å². The molecular weight excluding hydrogens is 268 g/mol. The number of hydrogen-bond acceptors (Lipinski definition) is 3. The summed E-state index contributed by atoms with van der Waals surface area (Å²) in [6, 6.07) is 8.16. The average molecular weight is 284 g/mol. The molecule has 1 N–H and O–H groups in total. The Labute approximate surface area is 123 Å². The fraction of sp³-hybridized carbons (Fsp3) is 0.250. The van der Waals surface area contributed by atoms with Crippen LogP contribution in [-0.4, -0.2) is 23.2 Å². The van der Waals surface area contributed by atoms with Crippen LogP contribution in [0.5, 0.6) is 0 Å². The zero-order valence-electron chi connectivity index (χ0n) is 11.6. The first-order valence-electron chi connectivity index (χ1n) is 6.31. The average Bonchev–Trinajstić information content (AvgIpc) is 2.44. The molecule has 1 aromatic heterocycles. The molecule has 0 aliphatic rings. The van der Waals surface area contributed by atoms with Gasteiger partial charge < -0.3 is 5.32 Å². The number of carbonyl (C=O) groups is 1. The van der Waals surface area contributed by atoms with Gasteiger partial charge in [0.05, 0.1) is 22.8 Å². The van der Waals surface area contributed by atoms with Crippen molar-refractivity contribution in [1.29, 1.82) is 0 Å². The van der Waals surface area contributed by atoms with E-state index in [0.717, 1.165) is 21.5 Å². The van der Waals surface area contributed by atoms with Gasteiger partial charge in [-0.15, -0.1) is 6.42 Å². The van der Waals surface area contributed by atoms with Crippen LogP contribution in [0.4, 0.5) is 0 Å². The third-order valence-corrected chi connectivity index (χ3v) is 3.87. The number of carbonyl (C=O) groups excluding carboxylic acids is 1. The standard InChI is InChI=1S/C16H16N2OS/c1-4-8-17-14(19)10-20-15-9-12(3)13-7-5-6-11(2)16(13)18-15/h1,5-7,9H,8,10H2,2-3H3,(H,17,19). The van der Waals surface area contributed by atoms with Crippen molar-refractivity contribution < 1.29 is 4.79 Å². The lowest BCUT2D eigenvalue weighted by atomic mass is 10.1. The van der Waals surface area contributed by atoms with Crippen molar-refractivity contribution in [1.82, 2.24) is 10.3 Å². The SMILES string of the molecule is C#CCNC(=O)CSc1cc(C)c2cccc(C)c2n1. The number of terminal acetylenes is 1. The maximum absolute atomic E-state index is 11.5. The number of amides is 1. The van der Waals surface area contributed by atoms with E-state index < -0.39 is 0 Å². The summed E-state index contributed by atoms with van der Waals surface area (Å²) in [6.45, 7) is 4.37. The molecule has 0 radical (unpaired) electrons. The second-order valence-corrected chi connectivity index (χ2v) is 5.51. The molecule has 0 atom stereocenters. The van der Waals surface area contributed by atoms with Crippen molar-refractivity contribution >= 4 is 28.6 Å². The smallest absolute Gasteiger partial charge is 0.231 e. The molecule has 102 valence electrons. The number of pyridine rings is 1. The van der Waals surface area contributed by atoms with E-state index in [1.165, 1.54) is 17.3 Å². The van der Waals surface area contributed by atoms with Crippen LogP contribution >= 0.6 is 11.8 Å². The quantitative estimate of drug-likeness (QED) is 0.693. The Kier molecular flexibility index (Phi) is 4.65. The number of thioether (sulfide) groups is 1. The van der Waals surface area contributed by atoms with Crippen LogP contribution in [0.2, 0.25) is 0 Å². The van der Waals surface area contributed by atoms with Crippen molar-refractivity contribution in [2.75, 3.05) is 12.3 Å². The molecule has 1 heterocycles. The zero-order valence-corrected chi connectivity index (χ0v) is 12.4. The lowest BCUT2D eigenvalue weighted by molar-refractivity contribution is -0.118. The molecule has 0 bridgehead atoms. The molecule has 0 aliphatic heterocycles. The van der Waals surface area contributed by atoms with Crippen molar-refractivity contribution in [3.63, 3.8) is 0 Å². The second-order valence-electron chi connectivity index (χ2n) is 4.52. The predicted molar refractivity (Wildman–Crippen MR) is 83.8 cm³/mol. The van der Waals surface area contributed by atoms with E-state index in [-0.39, 0.29) is 12.5 Å². The highest BCUT2D eigenvalue weighted by molar-refractivity contribution is 7.99. The highest BCUT2D eigenvalue weighted by Gasteiger charge is 2.07. The van der Waals surface area contributed by atoms with E-state index in [9.17, 15) is 4.79 Å². The first-order chi connectivity index (χ1) is 9.61. The predicted octanol–water partition coefficient (Wildman–Crippen LogP) is 2.69. The zero-order chi connectivity index (χ0) is 14.5. The summed E-state index contributed by atoms with van der Waals surface area (Å²) in [7, 11) is 0. The monoisotopic (exact) mass is 284 g/mol. The molecule has 0 fully saturated rings. The van der Waals surface area contributed by atoms with E-state index in [2.05, 4.69) is 29.2 Å². The summed E-state index contributed by atoms with van der Waals surface area (Å²) < 4.78 is 0. The first kappa shape index (κ1) is 14.4. The number of benzene rings is 1. The third kappa shape index (κ3) is 3.31. The molecule has 20 heavy (non-hydrogen) atoms. The van der Waals surface area contributed by atoms with Crippen LogP contribution in [0, 0.1) is 26.2 Å².